The van der Waals surface area contributed by atoms with Crippen molar-refractivity contribution < 1.29 is 22.4 Å². The van der Waals surface area contributed by atoms with E-state index in [2.05, 4.69) is 5.32 Å². The van der Waals surface area contributed by atoms with Crippen molar-refractivity contribution in [2.45, 2.75) is 25.9 Å². The lowest BCUT2D eigenvalue weighted by atomic mass is 9.94. The molecule has 7 heteroatoms. The van der Waals surface area contributed by atoms with Gasteiger partial charge in [-0.05, 0) is 30.5 Å². The molecule has 0 saturated heterocycles. The summed E-state index contributed by atoms with van der Waals surface area (Å²) >= 11 is 0. The number of halogens is 4. The van der Waals surface area contributed by atoms with Crippen LogP contribution in [0.4, 0.5) is 17.6 Å². The summed E-state index contributed by atoms with van der Waals surface area (Å²) in [6, 6.07) is 2.43. The highest BCUT2D eigenvalue weighted by Crippen LogP contribution is 2.33. The van der Waals surface area contributed by atoms with E-state index < -0.39 is 29.4 Å². The summed E-state index contributed by atoms with van der Waals surface area (Å²) in [5, 5.41) is 2.60. The summed E-state index contributed by atoms with van der Waals surface area (Å²) in [4.78, 5) is 11.8. The zero-order chi connectivity index (χ0) is 16.0. The number of nitrogens with one attached hydrogen (secondary N) is 1. The van der Waals surface area contributed by atoms with Gasteiger partial charge in [0.2, 0.25) is 5.91 Å². The molecule has 21 heavy (non-hydrogen) atoms. The van der Waals surface area contributed by atoms with Gasteiger partial charge in [0, 0.05) is 13.1 Å². The largest absolute Gasteiger partial charge is 0.416 e. The first-order valence-corrected chi connectivity index (χ1v) is 6.63. The SMILES string of the molecule is CCCNC(=O)C(CN)Cc1ccc(F)cc1C(F)(F)F. The zero-order valence-corrected chi connectivity index (χ0v) is 11.6. The van der Waals surface area contributed by atoms with Crippen LogP contribution in [0.3, 0.4) is 0 Å². The van der Waals surface area contributed by atoms with E-state index in [9.17, 15) is 22.4 Å². The molecule has 0 heterocycles. The minimum atomic E-state index is -4.67. The molecular weight excluding hydrogens is 288 g/mol. The highest BCUT2D eigenvalue weighted by Gasteiger charge is 2.34. The molecular formula is C14H18F4N2O. The highest BCUT2D eigenvalue weighted by molar-refractivity contribution is 5.79. The molecule has 1 rings (SSSR count). The average molecular weight is 306 g/mol. The molecule has 1 aromatic rings. The van der Waals surface area contributed by atoms with E-state index in [1.807, 2.05) is 6.92 Å². The summed E-state index contributed by atoms with van der Waals surface area (Å²) in [5.74, 6) is -2.13. The number of hydrogen-bond acceptors (Lipinski definition) is 2. The van der Waals surface area contributed by atoms with Gasteiger partial charge in [-0.3, -0.25) is 4.79 Å². The van der Waals surface area contributed by atoms with Crippen molar-refractivity contribution >= 4 is 5.91 Å². The maximum absolute atomic E-state index is 13.0. The van der Waals surface area contributed by atoms with Gasteiger partial charge in [0.05, 0.1) is 11.5 Å². The highest BCUT2D eigenvalue weighted by atomic mass is 19.4. The molecule has 0 bridgehead atoms. The molecule has 0 saturated carbocycles. The molecule has 0 fully saturated rings. The predicted molar refractivity (Wildman–Crippen MR) is 71.0 cm³/mol. The van der Waals surface area contributed by atoms with E-state index in [1.165, 1.54) is 0 Å². The standard InChI is InChI=1S/C14H18F4N2O/c1-2-5-20-13(21)10(8-19)6-9-3-4-11(15)7-12(9)14(16,17)18/h3-4,7,10H,2,5-6,8,19H2,1H3,(H,20,21). The van der Waals surface area contributed by atoms with Crippen LogP contribution in [0.5, 0.6) is 0 Å². The Morgan fingerprint density at radius 2 is 2.05 bits per heavy atom. The van der Waals surface area contributed by atoms with Crippen LogP contribution in [0.1, 0.15) is 24.5 Å². The topological polar surface area (TPSA) is 55.1 Å². The minimum Gasteiger partial charge on any atom is -0.356 e. The first-order chi connectivity index (χ1) is 9.79. The van der Waals surface area contributed by atoms with Gasteiger partial charge < -0.3 is 11.1 Å². The van der Waals surface area contributed by atoms with Gasteiger partial charge in [-0.2, -0.15) is 13.2 Å². The fourth-order valence-corrected chi connectivity index (χ4v) is 1.93. The number of nitrogens with two attached hydrogens (primary N) is 1. The lowest BCUT2D eigenvalue weighted by Gasteiger charge is -2.18. The Labute approximate surface area is 120 Å². The molecule has 1 atom stereocenters. The molecule has 1 unspecified atom stereocenters. The smallest absolute Gasteiger partial charge is 0.356 e. The minimum absolute atomic E-state index is 0.0791. The van der Waals surface area contributed by atoms with Crippen LogP contribution < -0.4 is 11.1 Å². The van der Waals surface area contributed by atoms with E-state index in [0.717, 1.165) is 12.1 Å². The van der Waals surface area contributed by atoms with Gasteiger partial charge >= 0.3 is 6.18 Å². The molecule has 3 N–H and O–H groups in total. The van der Waals surface area contributed by atoms with Gasteiger partial charge in [0.1, 0.15) is 5.82 Å². The van der Waals surface area contributed by atoms with Crippen molar-refractivity contribution in [3.8, 4) is 0 Å². The fourth-order valence-electron chi connectivity index (χ4n) is 1.93. The fraction of sp³-hybridized carbons (Fsp3) is 0.500. The van der Waals surface area contributed by atoms with Gasteiger partial charge in [-0.15, -0.1) is 0 Å². The monoisotopic (exact) mass is 306 g/mol. The Hall–Kier alpha value is -1.63. The number of carbonyl (C=O) groups excluding carboxylic acids is 1. The Morgan fingerprint density at radius 3 is 2.57 bits per heavy atom. The summed E-state index contributed by atoms with van der Waals surface area (Å²) in [6.45, 7) is 2.22. The number of hydrogen-bond donors (Lipinski definition) is 2. The van der Waals surface area contributed by atoms with Gasteiger partial charge in [0.15, 0.2) is 0 Å². The van der Waals surface area contributed by atoms with Crippen molar-refractivity contribution in [1.82, 2.24) is 5.32 Å². The summed E-state index contributed by atoms with van der Waals surface area (Å²) in [6.07, 6.45) is -4.13. The normalized spacial score (nSPS) is 13.0. The van der Waals surface area contributed by atoms with E-state index in [1.54, 1.807) is 0 Å². The third-order valence-electron chi connectivity index (χ3n) is 3.05. The Kier molecular flexibility index (Phi) is 6.14. The molecule has 0 aliphatic carbocycles. The van der Waals surface area contributed by atoms with Crippen molar-refractivity contribution in [2.24, 2.45) is 11.7 Å². The van der Waals surface area contributed by atoms with E-state index >= 15 is 0 Å². The van der Waals surface area contributed by atoms with Crippen LogP contribution >= 0.6 is 0 Å². The second-order valence-electron chi connectivity index (χ2n) is 4.73. The van der Waals surface area contributed by atoms with Crippen molar-refractivity contribution in [2.75, 3.05) is 13.1 Å². The molecule has 1 aromatic carbocycles. The van der Waals surface area contributed by atoms with Gasteiger partial charge in [0.25, 0.3) is 0 Å². The van der Waals surface area contributed by atoms with Crippen LogP contribution in [0.15, 0.2) is 18.2 Å². The second kappa shape index (κ2) is 7.40. The number of carbonyl (C=O) groups is 1. The van der Waals surface area contributed by atoms with Crippen molar-refractivity contribution in [3.63, 3.8) is 0 Å². The molecule has 0 aliphatic heterocycles. The van der Waals surface area contributed by atoms with Crippen LogP contribution in [-0.2, 0) is 17.4 Å². The Bertz CT molecular complexity index is 488. The lowest BCUT2D eigenvalue weighted by Crippen LogP contribution is -2.37. The number of rotatable bonds is 6. The molecule has 3 nitrogen and oxygen atoms in total. The summed E-state index contributed by atoms with van der Waals surface area (Å²) in [7, 11) is 0. The van der Waals surface area contributed by atoms with Crippen LogP contribution in [0, 0.1) is 11.7 Å². The second-order valence-corrected chi connectivity index (χ2v) is 4.73. The van der Waals surface area contributed by atoms with Crippen molar-refractivity contribution in [1.29, 1.82) is 0 Å². The van der Waals surface area contributed by atoms with E-state index in [4.69, 9.17) is 5.73 Å². The first kappa shape index (κ1) is 17.4. The van der Waals surface area contributed by atoms with Crippen LogP contribution in [0.2, 0.25) is 0 Å². The molecule has 0 aromatic heterocycles. The molecule has 0 aliphatic rings. The third-order valence-corrected chi connectivity index (χ3v) is 3.05. The van der Waals surface area contributed by atoms with E-state index in [-0.39, 0.29) is 18.5 Å². The average Bonchev–Trinajstić information content (AvgIpc) is 2.42. The lowest BCUT2D eigenvalue weighted by molar-refractivity contribution is -0.138. The predicted octanol–water partition coefficient (Wildman–Crippen LogP) is 2.49. The quantitative estimate of drug-likeness (QED) is 0.793. The van der Waals surface area contributed by atoms with Crippen LogP contribution in [0.25, 0.3) is 0 Å². The summed E-state index contributed by atoms with van der Waals surface area (Å²) < 4.78 is 51.7. The molecule has 0 spiro atoms. The number of alkyl halides is 3. The number of amides is 1. The van der Waals surface area contributed by atoms with Crippen LogP contribution in [-0.4, -0.2) is 19.0 Å². The zero-order valence-electron chi connectivity index (χ0n) is 11.6. The van der Waals surface area contributed by atoms with Gasteiger partial charge in [-0.1, -0.05) is 13.0 Å². The van der Waals surface area contributed by atoms with E-state index in [0.29, 0.717) is 19.0 Å². The summed E-state index contributed by atoms with van der Waals surface area (Å²) in [5.41, 5.74) is 4.27. The van der Waals surface area contributed by atoms with Gasteiger partial charge in [-0.25, -0.2) is 4.39 Å². The first-order valence-electron chi connectivity index (χ1n) is 6.63. The number of benzene rings is 1. The molecule has 1 amide bonds. The third kappa shape index (κ3) is 5.00. The Balaban J connectivity index is 2.97. The molecule has 0 radical (unpaired) electrons. The van der Waals surface area contributed by atoms with Crippen molar-refractivity contribution in [3.05, 3.63) is 35.1 Å². The maximum atomic E-state index is 13.0. The maximum Gasteiger partial charge on any atom is 0.416 e. The Morgan fingerprint density at radius 1 is 1.38 bits per heavy atom. The molecule has 118 valence electrons.